The quantitative estimate of drug-likeness (QED) is 0.810. The molecule has 154 valence electrons. The summed E-state index contributed by atoms with van der Waals surface area (Å²) >= 11 is 0. The lowest BCUT2D eigenvalue weighted by atomic mass is 9.96. The molecule has 2 amide bonds. The van der Waals surface area contributed by atoms with Gasteiger partial charge in [-0.25, -0.2) is 0 Å². The molecule has 2 aromatic rings. The average molecular weight is 396 g/mol. The minimum atomic E-state index is -0.0654. The van der Waals surface area contributed by atoms with E-state index in [0.717, 1.165) is 37.8 Å². The number of likely N-dealkylation sites (tertiary alicyclic amines) is 1. The Morgan fingerprint density at radius 2 is 2.07 bits per heavy atom. The Bertz CT molecular complexity index is 858. The third kappa shape index (κ3) is 4.34. The number of carbonyl (C=O) groups is 2. The van der Waals surface area contributed by atoms with Crippen molar-refractivity contribution >= 4 is 11.8 Å². The maximum absolute atomic E-state index is 13.3. The predicted molar refractivity (Wildman–Crippen MR) is 109 cm³/mol. The normalized spacial score (nSPS) is 21.9. The van der Waals surface area contributed by atoms with Crippen LogP contribution in [0.4, 0.5) is 0 Å². The van der Waals surface area contributed by atoms with Crippen molar-refractivity contribution in [1.82, 2.24) is 20.7 Å². The van der Waals surface area contributed by atoms with Gasteiger partial charge in [0.25, 0.3) is 5.91 Å². The molecule has 2 atom stereocenters. The van der Waals surface area contributed by atoms with E-state index in [1.165, 1.54) is 0 Å². The highest BCUT2D eigenvalue weighted by Gasteiger charge is 2.30. The number of amides is 2. The Morgan fingerprint density at radius 3 is 2.83 bits per heavy atom. The lowest BCUT2D eigenvalue weighted by Crippen LogP contribution is -2.46. The molecule has 0 bridgehead atoms. The van der Waals surface area contributed by atoms with Crippen molar-refractivity contribution in [2.75, 3.05) is 26.2 Å². The molecule has 1 aromatic carbocycles. The van der Waals surface area contributed by atoms with Gasteiger partial charge >= 0.3 is 0 Å². The molecule has 0 aliphatic carbocycles. The number of hydrogen-bond acceptors (Lipinski definition) is 5. The van der Waals surface area contributed by atoms with Gasteiger partial charge in [0.05, 0.1) is 6.04 Å². The molecule has 4 rings (SSSR count). The van der Waals surface area contributed by atoms with Gasteiger partial charge in [-0.2, -0.15) is 0 Å². The number of piperidine rings is 1. The van der Waals surface area contributed by atoms with Crippen molar-refractivity contribution in [3.8, 4) is 11.3 Å². The van der Waals surface area contributed by atoms with Crippen LogP contribution in [0.25, 0.3) is 11.3 Å². The Kier molecular flexibility index (Phi) is 5.94. The molecule has 2 aliphatic rings. The second kappa shape index (κ2) is 8.78. The number of aryl methyl sites for hydroxylation is 1. The zero-order valence-corrected chi connectivity index (χ0v) is 16.8. The fraction of sp³-hybridized carbons (Fsp3) is 0.500. The van der Waals surface area contributed by atoms with E-state index in [1.54, 1.807) is 6.92 Å². The zero-order valence-electron chi connectivity index (χ0n) is 16.8. The highest BCUT2D eigenvalue weighted by molar-refractivity contribution is 6.00. The van der Waals surface area contributed by atoms with Gasteiger partial charge in [-0.3, -0.25) is 9.59 Å². The first-order valence-electron chi connectivity index (χ1n) is 10.5. The molecule has 7 nitrogen and oxygen atoms in total. The summed E-state index contributed by atoms with van der Waals surface area (Å²) in [6.07, 6.45) is 3.89. The van der Waals surface area contributed by atoms with Gasteiger partial charge in [0.2, 0.25) is 5.91 Å². The van der Waals surface area contributed by atoms with E-state index in [2.05, 4.69) is 15.8 Å². The summed E-state index contributed by atoms with van der Waals surface area (Å²) in [5.41, 5.74) is 2.00. The third-order valence-electron chi connectivity index (χ3n) is 5.87. The minimum Gasteiger partial charge on any atom is -0.360 e. The van der Waals surface area contributed by atoms with Crippen LogP contribution in [0.5, 0.6) is 0 Å². The SMILES string of the molecule is Cc1onc(-c2ccccc2)c1C(=O)N1CCCC(CNC(=O)C2CCCN2)C1. The Balaban J connectivity index is 1.42. The zero-order chi connectivity index (χ0) is 20.2. The highest BCUT2D eigenvalue weighted by Crippen LogP contribution is 2.28. The summed E-state index contributed by atoms with van der Waals surface area (Å²) in [6, 6.07) is 9.57. The van der Waals surface area contributed by atoms with Gasteiger partial charge in [0, 0.05) is 25.2 Å². The molecule has 2 saturated heterocycles. The molecule has 1 aromatic heterocycles. The fourth-order valence-corrected chi connectivity index (χ4v) is 4.27. The van der Waals surface area contributed by atoms with Crippen molar-refractivity contribution in [1.29, 1.82) is 0 Å². The van der Waals surface area contributed by atoms with Gasteiger partial charge < -0.3 is 20.1 Å². The second-order valence-electron chi connectivity index (χ2n) is 7.98. The van der Waals surface area contributed by atoms with Crippen LogP contribution in [0.15, 0.2) is 34.9 Å². The molecule has 7 heteroatoms. The van der Waals surface area contributed by atoms with Gasteiger partial charge in [-0.15, -0.1) is 0 Å². The fourth-order valence-electron chi connectivity index (χ4n) is 4.27. The molecule has 2 unspecified atom stereocenters. The number of hydrogen-bond donors (Lipinski definition) is 2. The van der Waals surface area contributed by atoms with Crippen LogP contribution in [0, 0.1) is 12.8 Å². The molecule has 29 heavy (non-hydrogen) atoms. The number of nitrogens with zero attached hydrogens (tertiary/aromatic N) is 2. The smallest absolute Gasteiger partial charge is 0.259 e. The van der Waals surface area contributed by atoms with Gasteiger partial charge in [0.15, 0.2) is 0 Å². The standard InChI is InChI=1S/C22H28N4O3/c1-15-19(20(25-29-15)17-8-3-2-4-9-17)22(28)26-12-6-7-16(14-26)13-24-21(27)18-10-5-11-23-18/h2-4,8-9,16,18,23H,5-7,10-14H2,1H3,(H,24,27). The summed E-state index contributed by atoms with van der Waals surface area (Å²) < 4.78 is 5.36. The van der Waals surface area contributed by atoms with Crippen molar-refractivity contribution in [3.05, 3.63) is 41.7 Å². The summed E-state index contributed by atoms with van der Waals surface area (Å²) in [4.78, 5) is 27.4. The number of aromatic nitrogens is 1. The number of rotatable bonds is 5. The Labute approximate surface area is 170 Å². The van der Waals surface area contributed by atoms with E-state index >= 15 is 0 Å². The van der Waals surface area contributed by atoms with Gasteiger partial charge in [0.1, 0.15) is 17.0 Å². The molecule has 2 N–H and O–H groups in total. The monoisotopic (exact) mass is 396 g/mol. The lowest BCUT2D eigenvalue weighted by molar-refractivity contribution is -0.123. The van der Waals surface area contributed by atoms with Crippen molar-refractivity contribution in [2.24, 2.45) is 5.92 Å². The predicted octanol–water partition coefficient (Wildman–Crippen LogP) is 2.37. The van der Waals surface area contributed by atoms with Crippen molar-refractivity contribution < 1.29 is 14.1 Å². The van der Waals surface area contributed by atoms with Crippen molar-refractivity contribution in [3.63, 3.8) is 0 Å². The molecule has 0 spiro atoms. The van der Waals surface area contributed by atoms with E-state index in [0.29, 0.717) is 36.7 Å². The summed E-state index contributed by atoms with van der Waals surface area (Å²) in [7, 11) is 0. The van der Waals surface area contributed by atoms with E-state index in [4.69, 9.17) is 4.52 Å². The molecule has 3 heterocycles. The first-order valence-corrected chi connectivity index (χ1v) is 10.5. The molecule has 2 aliphatic heterocycles. The van der Waals surface area contributed by atoms with Gasteiger partial charge in [-0.05, 0) is 45.1 Å². The average Bonchev–Trinajstić information content (AvgIpc) is 3.42. The van der Waals surface area contributed by atoms with Crippen LogP contribution in [0.3, 0.4) is 0 Å². The van der Waals surface area contributed by atoms with Crippen LogP contribution >= 0.6 is 0 Å². The van der Waals surface area contributed by atoms with Crippen LogP contribution < -0.4 is 10.6 Å². The van der Waals surface area contributed by atoms with Crippen LogP contribution in [-0.2, 0) is 4.79 Å². The minimum absolute atomic E-state index is 0.0453. The first kappa shape index (κ1) is 19.6. The summed E-state index contributed by atoms with van der Waals surface area (Å²) in [5, 5.41) is 10.4. The molecule has 0 saturated carbocycles. The number of nitrogens with one attached hydrogen (secondary N) is 2. The molecular formula is C22H28N4O3. The summed E-state index contributed by atoms with van der Waals surface area (Å²) in [5.74, 6) is 0.832. The molecule has 2 fully saturated rings. The third-order valence-corrected chi connectivity index (χ3v) is 5.87. The Hall–Kier alpha value is -2.67. The van der Waals surface area contributed by atoms with E-state index < -0.39 is 0 Å². The maximum Gasteiger partial charge on any atom is 0.259 e. The summed E-state index contributed by atoms with van der Waals surface area (Å²) in [6.45, 7) is 4.64. The number of carbonyl (C=O) groups excluding carboxylic acids is 2. The largest absolute Gasteiger partial charge is 0.360 e. The first-order chi connectivity index (χ1) is 14.1. The second-order valence-corrected chi connectivity index (χ2v) is 7.98. The Morgan fingerprint density at radius 1 is 1.24 bits per heavy atom. The molecular weight excluding hydrogens is 368 g/mol. The van der Waals surface area contributed by atoms with Crippen LogP contribution in [0.2, 0.25) is 0 Å². The van der Waals surface area contributed by atoms with Gasteiger partial charge in [-0.1, -0.05) is 35.5 Å². The highest BCUT2D eigenvalue weighted by atomic mass is 16.5. The van der Waals surface area contributed by atoms with E-state index in [9.17, 15) is 9.59 Å². The maximum atomic E-state index is 13.3. The topological polar surface area (TPSA) is 87.5 Å². The molecule has 0 radical (unpaired) electrons. The van der Waals surface area contributed by atoms with E-state index in [1.807, 2.05) is 35.2 Å². The van der Waals surface area contributed by atoms with E-state index in [-0.39, 0.29) is 23.8 Å². The van der Waals surface area contributed by atoms with Crippen LogP contribution in [0.1, 0.15) is 41.8 Å². The number of benzene rings is 1. The lowest BCUT2D eigenvalue weighted by Gasteiger charge is -2.33. The van der Waals surface area contributed by atoms with Crippen molar-refractivity contribution in [2.45, 2.75) is 38.6 Å². The van der Waals surface area contributed by atoms with Crippen LogP contribution in [-0.4, -0.2) is 54.1 Å².